The van der Waals surface area contributed by atoms with E-state index in [1.54, 1.807) is 0 Å². The van der Waals surface area contributed by atoms with Gasteiger partial charge in [-0.2, -0.15) is 0 Å². The van der Waals surface area contributed by atoms with Gasteiger partial charge in [-0.05, 0) is 61.8 Å². The summed E-state index contributed by atoms with van der Waals surface area (Å²) >= 11 is 5.96. The summed E-state index contributed by atoms with van der Waals surface area (Å²) in [4.78, 5) is 12.6. The lowest BCUT2D eigenvalue weighted by atomic mass is 9.94. The molecule has 2 saturated carbocycles. The van der Waals surface area contributed by atoms with E-state index < -0.39 is 0 Å². The highest BCUT2D eigenvalue weighted by molar-refractivity contribution is 6.30. The summed E-state index contributed by atoms with van der Waals surface area (Å²) in [5, 5.41) is 4.02. The second-order valence-electron chi connectivity index (χ2n) is 6.41. The summed E-state index contributed by atoms with van der Waals surface area (Å²) < 4.78 is 0. The molecule has 1 aromatic rings. The van der Waals surface area contributed by atoms with Crippen LogP contribution in [-0.4, -0.2) is 12.5 Å². The lowest BCUT2D eigenvalue weighted by Crippen LogP contribution is -2.38. The molecule has 0 heterocycles. The van der Waals surface area contributed by atoms with Crippen LogP contribution >= 0.6 is 11.6 Å². The topological polar surface area (TPSA) is 55.1 Å². The fourth-order valence-electron chi connectivity index (χ4n) is 3.50. The van der Waals surface area contributed by atoms with Gasteiger partial charge in [-0.15, -0.1) is 0 Å². The fraction of sp³-hybridized carbons (Fsp3) is 0.588. The molecule has 0 radical (unpaired) electrons. The summed E-state index contributed by atoms with van der Waals surface area (Å²) in [7, 11) is 0. The number of nitrogens with two attached hydrogens (primary N) is 1. The number of hydrogen-bond donors (Lipinski definition) is 2. The van der Waals surface area contributed by atoms with Gasteiger partial charge in [0.05, 0.1) is 6.04 Å². The van der Waals surface area contributed by atoms with E-state index in [1.807, 2.05) is 24.3 Å². The minimum absolute atomic E-state index is 0.101. The zero-order chi connectivity index (χ0) is 14.8. The van der Waals surface area contributed by atoms with Crippen molar-refractivity contribution in [3.05, 3.63) is 34.9 Å². The molecule has 3 nitrogen and oxygen atoms in total. The van der Waals surface area contributed by atoms with Crippen LogP contribution < -0.4 is 11.1 Å². The standard InChI is InChI=1S/C17H23ClN2O/c18-14-8-6-12(7-9-14)16(11-4-5-11)20-17(21)15-3-1-2-13(15)10-19/h6-9,11,13,15-16H,1-5,10,19H2,(H,20,21)/t13-,15-,16?/m1/s1. The molecule has 4 heteroatoms. The lowest BCUT2D eigenvalue weighted by molar-refractivity contribution is -0.126. The van der Waals surface area contributed by atoms with Crippen molar-refractivity contribution in [2.45, 2.75) is 38.1 Å². The van der Waals surface area contributed by atoms with Crippen molar-refractivity contribution in [1.82, 2.24) is 5.32 Å². The van der Waals surface area contributed by atoms with Crippen LogP contribution in [0, 0.1) is 17.8 Å². The molecule has 0 saturated heterocycles. The molecular weight excluding hydrogens is 284 g/mol. The summed E-state index contributed by atoms with van der Waals surface area (Å²) in [6.07, 6.45) is 5.57. The van der Waals surface area contributed by atoms with Gasteiger partial charge < -0.3 is 11.1 Å². The molecule has 2 aliphatic rings. The Labute approximate surface area is 131 Å². The van der Waals surface area contributed by atoms with Gasteiger partial charge in [-0.3, -0.25) is 4.79 Å². The van der Waals surface area contributed by atoms with Gasteiger partial charge in [0, 0.05) is 10.9 Å². The Balaban J connectivity index is 1.70. The zero-order valence-corrected chi connectivity index (χ0v) is 13.0. The third-order valence-corrected chi connectivity index (χ3v) is 5.17. The van der Waals surface area contributed by atoms with Crippen molar-refractivity contribution < 1.29 is 4.79 Å². The molecule has 1 aromatic carbocycles. The predicted molar refractivity (Wildman–Crippen MR) is 84.9 cm³/mol. The van der Waals surface area contributed by atoms with E-state index in [9.17, 15) is 4.79 Å². The van der Waals surface area contributed by atoms with Crippen molar-refractivity contribution in [2.24, 2.45) is 23.5 Å². The number of hydrogen-bond acceptors (Lipinski definition) is 2. The summed E-state index contributed by atoms with van der Waals surface area (Å²) in [6, 6.07) is 7.99. The smallest absolute Gasteiger partial charge is 0.223 e. The van der Waals surface area contributed by atoms with Crippen molar-refractivity contribution in [1.29, 1.82) is 0 Å². The average Bonchev–Trinajstić information content (AvgIpc) is 3.22. The fourth-order valence-corrected chi connectivity index (χ4v) is 3.62. The number of carbonyl (C=O) groups is 1. The van der Waals surface area contributed by atoms with Crippen LogP contribution in [0.5, 0.6) is 0 Å². The number of amides is 1. The maximum absolute atomic E-state index is 12.6. The summed E-state index contributed by atoms with van der Waals surface area (Å²) in [5.41, 5.74) is 6.96. The maximum atomic E-state index is 12.6. The maximum Gasteiger partial charge on any atom is 0.223 e. The van der Waals surface area contributed by atoms with Crippen LogP contribution in [0.3, 0.4) is 0 Å². The van der Waals surface area contributed by atoms with Gasteiger partial charge in [0.1, 0.15) is 0 Å². The molecule has 1 amide bonds. The van der Waals surface area contributed by atoms with E-state index in [4.69, 9.17) is 17.3 Å². The van der Waals surface area contributed by atoms with Crippen LogP contribution in [0.2, 0.25) is 5.02 Å². The van der Waals surface area contributed by atoms with E-state index in [-0.39, 0.29) is 17.9 Å². The highest BCUT2D eigenvalue weighted by Crippen LogP contribution is 2.42. The van der Waals surface area contributed by atoms with Crippen molar-refractivity contribution in [3.63, 3.8) is 0 Å². The van der Waals surface area contributed by atoms with E-state index in [2.05, 4.69) is 5.32 Å². The molecule has 3 atom stereocenters. The van der Waals surface area contributed by atoms with E-state index in [1.165, 1.54) is 12.8 Å². The molecule has 0 aromatic heterocycles. The van der Waals surface area contributed by atoms with Gasteiger partial charge in [-0.1, -0.05) is 30.2 Å². The summed E-state index contributed by atoms with van der Waals surface area (Å²) in [6.45, 7) is 0.618. The van der Waals surface area contributed by atoms with Gasteiger partial charge in [0.2, 0.25) is 5.91 Å². The predicted octanol–water partition coefficient (Wildman–Crippen LogP) is 3.28. The average molecular weight is 307 g/mol. The van der Waals surface area contributed by atoms with Gasteiger partial charge in [-0.25, -0.2) is 0 Å². The van der Waals surface area contributed by atoms with Crippen LogP contribution in [0.4, 0.5) is 0 Å². The minimum atomic E-state index is 0.101. The Morgan fingerprint density at radius 3 is 2.57 bits per heavy atom. The molecule has 21 heavy (non-hydrogen) atoms. The molecule has 3 N–H and O–H groups in total. The SMILES string of the molecule is NC[C@H]1CCC[C@H]1C(=O)NC(c1ccc(Cl)cc1)C1CC1. The first-order chi connectivity index (χ1) is 10.2. The van der Waals surface area contributed by atoms with Gasteiger partial charge >= 0.3 is 0 Å². The molecular formula is C17H23ClN2O. The normalized spacial score (nSPS) is 26.6. The van der Waals surface area contributed by atoms with E-state index in [0.717, 1.165) is 29.8 Å². The number of rotatable bonds is 5. The van der Waals surface area contributed by atoms with E-state index in [0.29, 0.717) is 18.4 Å². The lowest BCUT2D eigenvalue weighted by Gasteiger charge is -2.23. The Morgan fingerprint density at radius 1 is 1.24 bits per heavy atom. The molecule has 0 bridgehead atoms. The first-order valence-electron chi connectivity index (χ1n) is 7.95. The Kier molecular flexibility index (Phi) is 4.51. The molecule has 0 aliphatic heterocycles. The largest absolute Gasteiger partial charge is 0.349 e. The molecule has 1 unspecified atom stereocenters. The van der Waals surface area contributed by atoms with Crippen LogP contribution in [0.25, 0.3) is 0 Å². The number of carbonyl (C=O) groups excluding carboxylic acids is 1. The second kappa shape index (κ2) is 6.37. The molecule has 114 valence electrons. The van der Waals surface area contributed by atoms with Crippen molar-refractivity contribution in [3.8, 4) is 0 Å². The number of halogens is 1. The molecule has 3 rings (SSSR count). The Bertz CT molecular complexity index is 498. The second-order valence-corrected chi connectivity index (χ2v) is 6.84. The van der Waals surface area contributed by atoms with Crippen LogP contribution in [0.15, 0.2) is 24.3 Å². The van der Waals surface area contributed by atoms with Gasteiger partial charge in [0.15, 0.2) is 0 Å². The highest BCUT2D eigenvalue weighted by Gasteiger charge is 2.37. The third kappa shape index (κ3) is 3.41. The number of nitrogens with one attached hydrogen (secondary N) is 1. The van der Waals surface area contributed by atoms with Crippen molar-refractivity contribution in [2.75, 3.05) is 6.54 Å². The first kappa shape index (κ1) is 14.9. The quantitative estimate of drug-likeness (QED) is 0.877. The third-order valence-electron chi connectivity index (χ3n) is 4.92. The monoisotopic (exact) mass is 306 g/mol. The van der Waals surface area contributed by atoms with E-state index >= 15 is 0 Å². The van der Waals surface area contributed by atoms with Gasteiger partial charge in [0.25, 0.3) is 0 Å². The summed E-state index contributed by atoms with van der Waals surface area (Å²) in [5.74, 6) is 1.22. The molecule has 2 fully saturated rings. The first-order valence-corrected chi connectivity index (χ1v) is 8.32. The number of benzene rings is 1. The van der Waals surface area contributed by atoms with Crippen LogP contribution in [-0.2, 0) is 4.79 Å². The molecule has 2 aliphatic carbocycles. The molecule has 0 spiro atoms. The van der Waals surface area contributed by atoms with Crippen LogP contribution in [0.1, 0.15) is 43.7 Å². The highest BCUT2D eigenvalue weighted by atomic mass is 35.5. The van der Waals surface area contributed by atoms with Crippen molar-refractivity contribution >= 4 is 17.5 Å². The Hall–Kier alpha value is -1.06. The zero-order valence-electron chi connectivity index (χ0n) is 12.2. The Morgan fingerprint density at radius 2 is 1.95 bits per heavy atom. The minimum Gasteiger partial charge on any atom is -0.349 e.